The van der Waals surface area contributed by atoms with Gasteiger partial charge in [-0.05, 0) is 81.1 Å². The lowest BCUT2D eigenvalue weighted by atomic mass is 9.68. The molecular formula is C22H37F. The largest absolute Gasteiger partial charge is 0.247 e. The van der Waals surface area contributed by atoms with Crippen LogP contribution in [0.4, 0.5) is 4.39 Å². The number of alkyl halides is 1. The molecule has 0 bridgehead atoms. The van der Waals surface area contributed by atoms with Crippen molar-refractivity contribution in [1.82, 2.24) is 0 Å². The molecule has 0 N–H and O–H groups in total. The van der Waals surface area contributed by atoms with Gasteiger partial charge in [-0.25, -0.2) is 4.39 Å². The van der Waals surface area contributed by atoms with E-state index in [1.807, 2.05) is 0 Å². The minimum atomic E-state index is -0.557. The van der Waals surface area contributed by atoms with Gasteiger partial charge in [0, 0.05) is 2.85 Å². The van der Waals surface area contributed by atoms with E-state index < -0.39 is 6.17 Å². The van der Waals surface area contributed by atoms with Crippen LogP contribution in [0.2, 0.25) is 0 Å². The van der Waals surface area contributed by atoms with Crippen molar-refractivity contribution in [1.29, 1.82) is 0 Å². The van der Waals surface area contributed by atoms with E-state index in [1.165, 1.54) is 43.2 Å². The molecule has 132 valence electrons. The average Bonchev–Trinajstić information content (AvgIpc) is 2.56. The molecule has 2 aliphatic carbocycles. The third kappa shape index (κ3) is 4.58. The van der Waals surface area contributed by atoms with Crippen molar-refractivity contribution < 1.29 is 7.24 Å². The Morgan fingerprint density at radius 3 is 2.26 bits per heavy atom. The first kappa shape index (κ1) is 17.0. The average molecular weight is 321 g/mol. The molecule has 0 spiro atoms. The zero-order valence-corrected chi connectivity index (χ0v) is 14.9. The number of halogens is 1. The van der Waals surface area contributed by atoms with E-state index in [1.54, 1.807) is 0 Å². The molecule has 1 aromatic rings. The minimum Gasteiger partial charge on any atom is -0.247 e. The molecule has 1 heteroatoms. The van der Waals surface area contributed by atoms with E-state index in [4.69, 9.17) is 0 Å². The van der Waals surface area contributed by atoms with Crippen LogP contribution in [-0.4, -0.2) is 6.17 Å². The second-order valence-electron chi connectivity index (χ2n) is 8.39. The molecule has 2 unspecified atom stereocenters. The first-order valence-corrected chi connectivity index (χ1v) is 9.81. The van der Waals surface area contributed by atoms with E-state index in [0.29, 0.717) is 11.8 Å². The summed E-state index contributed by atoms with van der Waals surface area (Å²) in [6.07, 6.45) is 10.2. The van der Waals surface area contributed by atoms with Gasteiger partial charge in [0.2, 0.25) is 0 Å². The minimum absolute atomic E-state index is 0. The van der Waals surface area contributed by atoms with Gasteiger partial charge in [-0.2, -0.15) is 0 Å². The van der Waals surface area contributed by atoms with E-state index in [9.17, 15) is 4.39 Å². The monoisotopic (exact) mass is 320 g/mol. The predicted octanol–water partition coefficient (Wildman–Crippen LogP) is 7.00. The van der Waals surface area contributed by atoms with Crippen LogP contribution < -0.4 is 0 Å². The molecule has 0 saturated heterocycles. The molecular weight excluding hydrogens is 283 g/mol. The molecule has 0 amide bonds. The Kier molecular flexibility index (Phi) is 5.77. The van der Waals surface area contributed by atoms with E-state index in [0.717, 1.165) is 37.5 Å². The van der Waals surface area contributed by atoms with Gasteiger partial charge in [0.1, 0.15) is 6.17 Å². The molecule has 0 aliphatic heterocycles. The van der Waals surface area contributed by atoms with Crippen LogP contribution in [0.15, 0.2) is 24.3 Å². The third-order valence-corrected chi connectivity index (χ3v) is 6.60. The van der Waals surface area contributed by atoms with Crippen LogP contribution in [0.25, 0.3) is 0 Å². The summed E-state index contributed by atoms with van der Waals surface area (Å²) in [5, 5.41) is 0. The van der Waals surface area contributed by atoms with Gasteiger partial charge in [0.25, 0.3) is 0 Å². The molecule has 0 radical (unpaired) electrons. The fraction of sp³-hybridized carbons (Fsp3) is 0.727. The zero-order valence-electron chi connectivity index (χ0n) is 14.9. The number of hydrogen-bond donors (Lipinski definition) is 0. The van der Waals surface area contributed by atoms with Crippen molar-refractivity contribution in [2.75, 3.05) is 0 Å². The lowest BCUT2D eigenvalue weighted by molar-refractivity contribution is 0.0744. The van der Waals surface area contributed by atoms with Crippen molar-refractivity contribution in [3.63, 3.8) is 0 Å². The van der Waals surface area contributed by atoms with E-state index >= 15 is 0 Å². The molecule has 23 heavy (non-hydrogen) atoms. The Morgan fingerprint density at radius 1 is 0.957 bits per heavy atom. The molecule has 0 aromatic heterocycles. The van der Waals surface area contributed by atoms with Gasteiger partial charge < -0.3 is 0 Å². The predicted molar refractivity (Wildman–Crippen MR) is 101 cm³/mol. The van der Waals surface area contributed by atoms with Gasteiger partial charge in [-0.1, -0.05) is 49.6 Å². The molecule has 2 fully saturated rings. The second kappa shape index (κ2) is 7.81. The molecule has 2 aliphatic rings. The summed E-state index contributed by atoms with van der Waals surface area (Å²) in [6, 6.07) is 8.75. The Morgan fingerprint density at radius 2 is 1.61 bits per heavy atom. The summed E-state index contributed by atoms with van der Waals surface area (Å²) < 4.78 is 14.7. The molecule has 3 atom stereocenters. The van der Waals surface area contributed by atoms with Crippen molar-refractivity contribution in [3.05, 3.63) is 35.4 Å². The number of rotatable bonds is 4. The van der Waals surface area contributed by atoms with E-state index in [2.05, 4.69) is 38.1 Å². The first-order valence-electron chi connectivity index (χ1n) is 9.81. The van der Waals surface area contributed by atoms with Crippen LogP contribution >= 0.6 is 0 Å². The normalized spacial score (nSPS) is 35.2. The number of benzene rings is 1. The van der Waals surface area contributed by atoms with Crippen molar-refractivity contribution in [3.8, 4) is 0 Å². The zero-order chi connectivity index (χ0) is 16.2. The summed E-state index contributed by atoms with van der Waals surface area (Å²) in [7, 11) is 0. The Bertz CT molecular complexity index is 479. The number of aryl methyl sites for hydroxylation is 2. The quantitative estimate of drug-likeness (QED) is 0.560. The van der Waals surface area contributed by atoms with Gasteiger partial charge in [0.15, 0.2) is 0 Å². The topological polar surface area (TPSA) is 0 Å². The van der Waals surface area contributed by atoms with Crippen LogP contribution in [0, 0.1) is 30.6 Å². The summed E-state index contributed by atoms with van der Waals surface area (Å²) in [5.41, 5.74) is 2.67. The van der Waals surface area contributed by atoms with Gasteiger partial charge in [0.05, 0.1) is 0 Å². The van der Waals surface area contributed by atoms with Crippen molar-refractivity contribution >= 4 is 0 Å². The lowest BCUT2D eigenvalue weighted by Gasteiger charge is -2.39. The summed E-state index contributed by atoms with van der Waals surface area (Å²) >= 11 is 0. The molecule has 1 aromatic carbocycles. The van der Waals surface area contributed by atoms with Crippen LogP contribution in [0.1, 0.15) is 72.3 Å². The third-order valence-electron chi connectivity index (χ3n) is 6.60. The molecule has 2 saturated carbocycles. The Balaban J connectivity index is 0.00000156. The SMILES string of the molecule is Cc1ccc(CC[C@H]2CCC(C3CCC(C)CC3)CC2F)cc1.[HH].[HH]. The smallest absolute Gasteiger partial charge is 0.103 e. The Labute approximate surface area is 144 Å². The highest BCUT2D eigenvalue weighted by molar-refractivity contribution is 5.21. The van der Waals surface area contributed by atoms with Crippen LogP contribution in [0.5, 0.6) is 0 Å². The van der Waals surface area contributed by atoms with Crippen molar-refractivity contribution in [2.24, 2.45) is 23.7 Å². The van der Waals surface area contributed by atoms with Crippen LogP contribution in [-0.2, 0) is 6.42 Å². The van der Waals surface area contributed by atoms with Crippen molar-refractivity contribution in [2.45, 2.75) is 77.8 Å². The highest BCUT2D eigenvalue weighted by Crippen LogP contribution is 2.43. The first-order chi connectivity index (χ1) is 11.1. The summed E-state index contributed by atoms with van der Waals surface area (Å²) in [5.74, 6) is 2.70. The number of hydrogen-bond acceptors (Lipinski definition) is 0. The summed E-state index contributed by atoms with van der Waals surface area (Å²) in [6.45, 7) is 4.49. The second-order valence-corrected chi connectivity index (χ2v) is 8.39. The molecule has 3 rings (SSSR count). The fourth-order valence-electron chi connectivity index (χ4n) is 4.83. The standard InChI is InChI=1S/C22H33F.2H2/c1-16-3-7-18(8-4-16)9-12-20-13-14-21(15-22(20)23)19-10-5-17(2)6-11-19;;/h3-4,7-8,17,19-22H,5-6,9-15H2,1-2H3;2*1H/t17?,19?,20-,21?,22?;;/m0../s1. The van der Waals surface area contributed by atoms with E-state index in [-0.39, 0.29) is 2.85 Å². The lowest BCUT2D eigenvalue weighted by Crippen LogP contribution is -2.32. The maximum atomic E-state index is 14.7. The summed E-state index contributed by atoms with van der Waals surface area (Å²) in [4.78, 5) is 0. The molecule has 0 heterocycles. The van der Waals surface area contributed by atoms with Gasteiger partial charge >= 0.3 is 0 Å². The fourth-order valence-corrected chi connectivity index (χ4v) is 4.83. The molecule has 0 nitrogen and oxygen atoms in total. The highest BCUT2D eigenvalue weighted by atomic mass is 19.1. The highest BCUT2D eigenvalue weighted by Gasteiger charge is 2.35. The van der Waals surface area contributed by atoms with Gasteiger partial charge in [-0.15, -0.1) is 0 Å². The maximum absolute atomic E-state index is 14.7. The van der Waals surface area contributed by atoms with Crippen LogP contribution in [0.3, 0.4) is 0 Å². The van der Waals surface area contributed by atoms with Gasteiger partial charge in [-0.3, -0.25) is 0 Å². The Hall–Kier alpha value is -0.850. The maximum Gasteiger partial charge on any atom is 0.103 e.